The molecule has 124 valence electrons. The fourth-order valence-corrected chi connectivity index (χ4v) is 3.27. The van der Waals surface area contributed by atoms with Gasteiger partial charge in [0.1, 0.15) is 0 Å². The number of piperidine rings is 1. The molecular weight excluding hydrogens is 290 g/mol. The van der Waals surface area contributed by atoms with Gasteiger partial charge in [0.2, 0.25) is 5.91 Å². The van der Waals surface area contributed by atoms with Crippen LogP contribution in [-0.2, 0) is 14.3 Å². The number of rotatable bonds is 4. The smallest absolute Gasteiger partial charge is 0.223 e. The Labute approximate surface area is 138 Å². The van der Waals surface area contributed by atoms with Crippen molar-refractivity contribution in [2.45, 2.75) is 33.0 Å². The largest absolute Gasteiger partial charge is 0.348 e. The summed E-state index contributed by atoms with van der Waals surface area (Å²) < 4.78 is 10.9. The normalized spacial score (nSPS) is 23.1. The van der Waals surface area contributed by atoms with E-state index in [-0.39, 0.29) is 12.2 Å². The Morgan fingerprint density at radius 3 is 2.57 bits per heavy atom. The molecule has 4 nitrogen and oxygen atoms in total. The van der Waals surface area contributed by atoms with Crippen molar-refractivity contribution in [3.8, 4) is 0 Å². The molecular formula is C19H25NO3. The lowest BCUT2D eigenvalue weighted by molar-refractivity contribution is -0.141. The van der Waals surface area contributed by atoms with Gasteiger partial charge < -0.3 is 14.4 Å². The van der Waals surface area contributed by atoms with Gasteiger partial charge in [-0.3, -0.25) is 4.79 Å². The van der Waals surface area contributed by atoms with E-state index < -0.39 is 0 Å². The predicted octanol–water partition coefficient (Wildman–Crippen LogP) is 2.93. The molecule has 2 aliphatic rings. The number of amides is 1. The van der Waals surface area contributed by atoms with E-state index in [1.165, 1.54) is 16.7 Å². The standard InChI is InChI=1S/C19H25NO3/c1-14-4-3-5-15(2)17(14)7-6-16-8-9-20(18(21)12-16)13-19-22-10-11-23-19/h3-7,16,19H,8-13H2,1-2H3. The maximum absolute atomic E-state index is 12.3. The molecule has 4 heteroatoms. The van der Waals surface area contributed by atoms with Crippen LogP contribution in [0.1, 0.15) is 29.5 Å². The van der Waals surface area contributed by atoms with E-state index in [2.05, 4.69) is 44.2 Å². The van der Waals surface area contributed by atoms with Gasteiger partial charge in [-0.15, -0.1) is 0 Å². The number of nitrogens with zero attached hydrogens (tertiary/aromatic N) is 1. The molecule has 2 aliphatic heterocycles. The molecule has 0 spiro atoms. The Kier molecular flexibility index (Phi) is 5.13. The van der Waals surface area contributed by atoms with Crippen molar-refractivity contribution in [3.63, 3.8) is 0 Å². The summed E-state index contributed by atoms with van der Waals surface area (Å²) in [4.78, 5) is 14.2. The third kappa shape index (κ3) is 4.01. The maximum atomic E-state index is 12.3. The molecule has 0 bridgehead atoms. The van der Waals surface area contributed by atoms with Crippen LogP contribution < -0.4 is 0 Å². The van der Waals surface area contributed by atoms with E-state index in [4.69, 9.17) is 9.47 Å². The van der Waals surface area contributed by atoms with Gasteiger partial charge in [0.05, 0.1) is 19.8 Å². The molecule has 0 saturated carbocycles. The van der Waals surface area contributed by atoms with Crippen LogP contribution in [0, 0.1) is 19.8 Å². The Bertz CT molecular complexity index is 570. The van der Waals surface area contributed by atoms with Crippen molar-refractivity contribution in [1.29, 1.82) is 0 Å². The van der Waals surface area contributed by atoms with E-state index in [1.807, 2.05) is 4.90 Å². The highest BCUT2D eigenvalue weighted by molar-refractivity contribution is 5.77. The third-order valence-corrected chi connectivity index (χ3v) is 4.70. The van der Waals surface area contributed by atoms with Crippen LogP contribution in [-0.4, -0.2) is 43.4 Å². The number of likely N-dealkylation sites (tertiary alicyclic amines) is 1. The van der Waals surface area contributed by atoms with Crippen molar-refractivity contribution in [2.24, 2.45) is 5.92 Å². The van der Waals surface area contributed by atoms with Crippen LogP contribution in [0.25, 0.3) is 6.08 Å². The molecule has 1 aromatic carbocycles. The number of hydrogen-bond donors (Lipinski definition) is 0. The Hall–Kier alpha value is -1.65. The minimum atomic E-state index is -0.235. The van der Waals surface area contributed by atoms with Gasteiger partial charge in [-0.25, -0.2) is 0 Å². The van der Waals surface area contributed by atoms with Crippen LogP contribution in [0.15, 0.2) is 24.3 Å². The van der Waals surface area contributed by atoms with Crippen LogP contribution in [0.4, 0.5) is 0 Å². The van der Waals surface area contributed by atoms with Gasteiger partial charge in [0, 0.05) is 13.0 Å². The number of carbonyl (C=O) groups excluding carboxylic acids is 1. The summed E-state index contributed by atoms with van der Waals surface area (Å²) in [6.45, 7) is 6.86. The fraction of sp³-hybridized carbons (Fsp3) is 0.526. The molecule has 1 unspecified atom stereocenters. The van der Waals surface area contributed by atoms with Gasteiger partial charge in [0.15, 0.2) is 6.29 Å². The van der Waals surface area contributed by atoms with E-state index in [0.29, 0.717) is 32.1 Å². The molecule has 23 heavy (non-hydrogen) atoms. The van der Waals surface area contributed by atoms with E-state index in [9.17, 15) is 4.79 Å². The first-order valence-electron chi connectivity index (χ1n) is 8.39. The van der Waals surface area contributed by atoms with Crippen LogP contribution in [0.3, 0.4) is 0 Å². The minimum absolute atomic E-state index is 0.200. The Morgan fingerprint density at radius 1 is 1.22 bits per heavy atom. The molecule has 1 amide bonds. The lowest BCUT2D eigenvalue weighted by Gasteiger charge is -2.31. The Balaban J connectivity index is 1.57. The highest BCUT2D eigenvalue weighted by Crippen LogP contribution is 2.23. The summed E-state index contributed by atoms with van der Waals surface area (Å²) in [5, 5.41) is 0. The second kappa shape index (κ2) is 7.28. The number of allylic oxidation sites excluding steroid dienone is 1. The lowest BCUT2D eigenvalue weighted by Crippen LogP contribution is -2.42. The SMILES string of the molecule is Cc1cccc(C)c1C=CC1CCN(CC2OCCO2)C(=O)C1. The zero-order valence-electron chi connectivity index (χ0n) is 14.0. The topological polar surface area (TPSA) is 38.8 Å². The molecule has 2 heterocycles. The van der Waals surface area contributed by atoms with Crippen LogP contribution in [0.5, 0.6) is 0 Å². The van der Waals surface area contributed by atoms with Gasteiger partial charge >= 0.3 is 0 Å². The van der Waals surface area contributed by atoms with Crippen molar-refractivity contribution in [2.75, 3.05) is 26.3 Å². The number of benzene rings is 1. The highest BCUT2D eigenvalue weighted by atomic mass is 16.7. The minimum Gasteiger partial charge on any atom is -0.348 e. The van der Waals surface area contributed by atoms with Crippen molar-refractivity contribution < 1.29 is 14.3 Å². The summed E-state index contributed by atoms with van der Waals surface area (Å²) in [5.41, 5.74) is 3.83. The zero-order chi connectivity index (χ0) is 16.2. The number of carbonyl (C=O) groups is 1. The van der Waals surface area contributed by atoms with Crippen LogP contribution in [0.2, 0.25) is 0 Å². The average Bonchev–Trinajstić information content (AvgIpc) is 3.02. The first-order chi connectivity index (χ1) is 11.1. The average molecular weight is 315 g/mol. The number of hydrogen-bond acceptors (Lipinski definition) is 3. The molecule has 0 N–H and O–H groups in total. The van der Waals surface area contributed by atoms with E-state index in [1.54, 1.807) is 0 Å². The monoisotopic (exact) mass is 315 g/mol. The van der Waals surface area contributed by atoms with Crippen molar-refractivity contribution in [1.82, 2.24) is 4.90 Å². The summed E-state index contributed by atoms with van der Waals surface area (Å²) in [6.07, 6.45) is 5.73. The molecule has 2 saturated heterocycles. The molecule has 2 fully saturated rings. The van der Waals surface area contributed by atoms with Crippen molar-refractivity contribution >= 4 is 12.0 Å². The predicted molar refractivity (Wildman–Crippen MR) is 89.9 cm³/mol. The molecule has 0 radical (unpaired) electrons. The quantitative estimate of drug-likeness (QED) is 0.857. The summed E-state index contributed by atoms with van der Waals surface area (Å²) >= 11 is 0. The van der Waals surface area contributed by atoms with Gasteiger partial charge in [0.25, 0.3) is 0 Å². The Morgan fingerprint density at radius 2 is 1.91 bits per heavy atom. The highest BCUT2D eigenvalue weighted by Gasteiger charge is 2.28. The first-order valence-corrected chi connectivity index (χ1v) is 8.39. The number of ether oxygens (including phenoxy) is 2. The zero-order valence-corrected chi connectivity index (χ0v) is 14.0. The van der Waals surface area contributed by atoms with Crippen LogP contribution >= 0.6 is 0 Å². The van der Waals surface area contributed by atoms with Gasteiger partial charge in [-0.2, -0.15) is 0 Å². The van der Waals surface area contributed by atoms with Crippen molar-refractivity contribution in [3.05, 3.63) is 41.0 Å². The second-order valence-electron chi connectivity index (χ2n) is 6.43. The third-order valence-electron chi connectivity index (χ3n) is 4.70. The summed E-state index contributed by atoms with van der Waals surface area (Å²) in [7, 11) is 0. The maximum Gasteiger partial charge on any atom is 0.223 e. The molecule has 1 aromatic rings. The summed E-state index contributed by atoms with van der Waals surface area (Å²) in [5.74, 6) is 0.523. The number of aryl methyl sites for hydroxylation is 2. The molecule has 1 atom stereocenters. The molecule has 0 aromatic heterocycles. The van der Waals surface area contributed by atoms with Gasteiger partial charge in [-0.1, -0.05) is 30.4 Å². The molecule has 0 aliphatic carbocycles. The fourth-order valence-electron chi connectivity index (χ4n) is 3.27. The lowest BCUT2D eigenvalue weighted by atomic mass is 9.93. The molecule has 3 rings (SSSR count). The van der Waals surface area contributed by atoms with E-state index in [0.717, 1.165) is 13.0 Å². The van der Waals surface area contributed by atoms with E-state index >= 15 is 0 Å². The van der Waals surface area contributed by atoms with Gasteiger partial charge in [-0.05, 0) is 42.9 Å². The summed E-state index contributed by atoms with van der Waals surface area (Å²) in [6, 6.07) is 6.33. The first kappa shape index (κ1) is 16.2. The second-order valence-corrected chi connectivity index (χ2v) is 6.43.